The Balaban J connectivity index is 1.50. The lowest BCUT2D eigenvalue weighted by Gasteiger charge is -2.29. The molecule has 3 aromatic rings. The molecule has 2 N–H and O–H groups in total. The Morgan fingerprint density at radius 3 is 2.67 bits per heavy atom. The average Bonchev–Trinajstić information content (AvgIpc) is 3.34. The van der Waals surface area contributed by atoms with Gasteiger partial charge in [0.25, 0.3) is 5.91 Å². The zero-order chi connectivity index (χ0) is 23.3. The predicted molar refractivity (Wildman–Crippen MR) is 121 cm³/mol. The molecule has 0 bridgehead atoms. The summed E-state index contributed by atoms with van der Waals surface area (Å²) >= 11 is 0. The maximum absolute atomic E-state index is 13.0. The van der Waals surface area contributed by atoms with Crippen molar-refractivity contribution in [2.45, 2.75) is 39.0 Å². The van der Waals surface area contributed by atoms with E-state index in [0.29, 0.717) is 18.5 Å². The Kier molecular flexibility index (Phi) is 5.09. The summed E-state index contributed by atoms with van der Waals surface area (Å²) in [5.41, 5.74) is 6.79. The van der Waals surface area contributed by atoms with Crippen molar-refractivity contribution in [1.29, 1.82) is 0 Å². The van der Waals surface area contributed by atoms with Crippen molar-refractivity contribution in [2.75, 3.05) is 0 Å². The third kappa shape index (κ3) is 3.52. The molecule has 168 valence electrons. The molecule has 5 rings (SSSR count). The Morgan fingerprint density at radius 1 is 1.12 bits per heavy atom. The topological polar surface area (TPSA) is 105 Å². The molecule has 8 nitrogen and oxygen atoms in total. The van der Waals surface area contributed by atoms with Gasteiger partial charge in [-0.05, 0) is 48.2 Å². The van der Waals surface area contributed by atoms with Crippen LogP contribution in [0.15, 0.2) is 42.7 Å². The molecule has 1 atom stereocenters. The second-order valence-electron chi connectivity index (χ2n) is 8.62. The van der Waals surface area contributed by atoms with Crippen molar-refractivity contribution in [3.8, 4) is 22.5 Å². The van der Waals surface area contributed by atoms with Crippen LogP contribution in [0.3, 0.4) is 0 Å². The minimum absolute atomic E-state index is 0.0377. The van der Waals surface area contributed by atoms with Crippen LogP contribution >= 0.6 is 0 Å². The number of aromatic nitrogens is 2. The Hall–Kier alpha value is -3.78. The van der Waals surface area contributed by atoms with Crippen LogP contribution in [-0.4, -0.2) is 43.3 Å². The monoisotopic (exact) mass is 444 g/mol. The van der Waals surface area contributed by atoms with Gasteiger partial charge in [-0.2, -0.15) is 0 Å². The van der Waals surface area contributed by atoms with Crippen LogP contribution in [0.4, 0.5) is 0 Å². The summed E-state index contributed by atoms with van der Waals surface area (Å²) in [7, 11) is 1.92. The van der Waals surface area contributed by atoms with Crippen molar-refractivity contribution in [3.05, 3.63) is 65.0 Å². The fourth-order valence-corrected chi connectivity index (χ4v) is 4.69. The third-order valence-corrected chi connectivity index (χ3v) is 6.53. The van der Waals surface area contributed by atoms with E-state index in [1.807, 2.05) is 48.9 Å². The van der Waals surface area contributed by atoms with Gasteiger partial charge in [-0.25, -0.2) is 4.98 Å². The summed E-state index contributed by atoms with van der Waals surface area (Å²) in [6.07, 6.45) is 2.31. The Labute approximate surface area is 190 Å². The molecule has 3 heterocycles. The number of imidazole rings is 1. The maximum Gasteiger partial charge on any atom is 0.255 e. The first-order valence-electron chi connectivity index (χ1n) is 10.9. The van der Waals surface area contributed by atoms with E-state index in [-0.39, 0.29) is 24.8 Å². The number of imide groups is 1. The van der Waals surface area contributed by atoms with Crippen LogP contribution in [0.5, 0.6) is 0 Å². The molecule has 1 saturated heterocycles. The molecule has 1 aromatic heterocycles. The molecule has 2 aromatic carbocycles. The Morgan fingerprint density at radius 2 is 1.91 bits per heavy atom. The maximum atomic E-state index is 13.0. The van der Waals surface area contributed by atoms with Crippen LogP contribution < -0.4 is 5.32 Å². The zero-order valence-electron chi connectivity index (χ0n) is 18.5. The molecule has 0 aliphatic carbocycles. The fourth-order valence-electron chi connectivity index (χ4n) is 4.69. The number of fused-ring (bicyclic) bond motifs is 1. The highest BCUT2D eigenvalue weighted by Crippen LogP contribution is 2.35. The smallest absolute Gasteiger partial charge is 0.255 e. The molecule has 0 spiro atoms. The van der Waals surface area contributed by atoms with Gasteiger partial charge in [0, 0.05) is 36.7 Å². The number of hydrogen-bond acceptors (Lipinski definition) is 5. The number of amides is 3. The van der Waals surface area contributed by atoms with E-state index in [4.69, 9.17) is 0 Å². The van der Waals surface area contributed by atoms with E-state index in [1.54, 1.807) is 17.3 Å². The molecule has 3 amide bonds. The SMILES string of the molecule is Cc1ccc(-c2c(-c3ccc4c(c3)CN(C3CCC(=O)NC3=O)C4=O)ncn2C)cc1CO. The van der Waals surface area contributed by atoms with Crippen LogP contribution in [0.25, 0.3) is 22.5 Å². The van der Waals surface area contributed by atoms with Crippen LogP contribution in [0, 0.1) is 6.92 Å². The van der Waals surface area contributed by atoms with Gasteiger partial charge in [-0.1, -0.05) is 18.2 Å². The summed E-state index contributed by atoms with van der Waals surface area (Å²) in [5, 5.41) is 12.0. The summed E-state index contributed by atoms with van der Waals surface area (Å²) in [4.78, 5) is 42.9. The first-order valence-corrected chi connectivity index (χ1v) is 10.9. The largest absolute Gasteiger partial charge is 0.392 e. The number of nitrogens with zero attached hydrogens (tertiary/aromatic N) is 3. The number of benzene rings is 2. The number of carbonyl (C=O) groups is 3. The van der Waals surface area contributed by atoms with Gasteiger partial charge in [0.05, 0.1) is 24.3 Å². The van der Waals surface area contributed by atoms with Gasteiger partial charge in [0.2, 0.25) is 11.8 Å². The number of piperidine rings is 1. The fraction of sp³-hybridized carbons (Fsp3) is 0.280. The lowest BCUT2D eigenvalue weighted by molar-refractivity contribution is -0.136. The van der Waals surface area contributed by atoms with Gasteiger partial charge in [0.1, 0.15) is 6.04 Å². The molecule has 8 heteroatoms. The van der Waals surface area contributed by atoms with E-state index in [2.05, 4.69) is 10.3 Å². The van der Waals surface area contributed by atoms with E-state index in [1.165, 1.54) is 0 Å². The van der Waals surface area contributed by atoms with Crippen molar-refractivity contribution in [1.82, 2.24) is 19.8 Å². The quantitative estimate of drug-likeness (QED) is 0.601. The number of aliphatic hydroxyl groups is 1. The summed E-state index contributed by atoms with van der Waals surface area (Å²) in [6, 6.07) is 10.9. The Bertz CT molecular complexity index is 1310. The molecule has 0 saturated carbocycles. The standard InChI is InChI=1S/C25H24N4O4/c1-14-3-4-16(10-18(14)12-30)23-22(26-13-28(23)2)15-5-6-19-17(9-15)11-29(25(19)33)20-7-8-21(31)27-24(20)32/h3-6,9-10,13,20,30H,7-8,11-12H2,1-2H3,(H,27,31,32). The highest BCUT2D eigenvalue weighted by molar-refractivity contribution is 6.05. The number of nitrogens with one attached hydrogen (secondary N) is 1. The molecule has 2 aliphatic heterocycles. The van der Waals surface area contributed by atoms with Gasteiger partial charge in [0.15, 0.2) is 0 Å². The van der Waals surface area contributed by atoms with Crippen LogP contribution in [0.2, 0.25) is 0 Å². The first-order chi connectivity index (χ1) is 15.9. The lowest BCUT2D eigenvalue weighted by atomic mass is 9.98. The van der Waals surface area contributed by atoms with E-state index in [0.717, 1.165) is 39.2 Å². The highest BCUT2D eigenvalue weighted by atomic mass is 16.3. The second kappa shape index (κ2) is 7.97. The van der Waals surface area contributed by atoms with Gasteiger partial charge < -0.3 is 14.6 Å². The predicted octanol–water partition coefficient (Wildman–Crippen LogP) is 2.32. The molecule has 33 heavy (non-hydrogen) atoms. The molecular weight excluding hydrogens is 420 g/mol. The second-order valence-corrected chi connectivity index (χ2v) is 8.62. The number of carbonyl (C=O) groups excluding carboxylic acids is 3. The summed E-state index contributed by atoms with van der Waals surface area (Å²) in [5.74, 6) is -0.914. The van der Waals surface area contributed by atoms with Gasteiger partial charge >= 0.3 is 0 Å². The normalized spacial score (nSPS) is 18.0. The minimum atomic E-state index is -0.638. The number of hydrogen-bond donors (Lipinski definition) is 2. The van der Waals surface area contributed by atoms with Gasteiger partial charge in [-0.15, -0.1) is 0 Å². The molecule has 1 fully saturated rings. The van der Waals surface area contributed by atoms with E-state index >= 15 is 0 Å². The minimum Gasteiger partial charge on any atom is -0.392 e. The first kappa shape index (κ1) is 21.1. The summed E-state index contributed by atoms with van der Waals surface area (Å²) < 4.78 is 1.94. The number of aliphatic hydroxyl groups excluding tert-OH is 1. The molecule has 1 unspecified atom stereocenters. The van der Waals surface area contributed by atoms with E-state index in [9.17, 15) is 19.5 Å². The molecule has 0 radical (unpaired) electrons. The lowest BCUT2D eigenvalue weighted by Crippen LogP contribution is -2.52. The van der Waals surface area contributed by atoms with Crippen molar-refractivity contribution in [2.24, 2.45) is 7.05 Å². The number of aryl methyl sites for hydroxylation is 2. The highest BCUT2D eigenvalue weighted by Gasteiger charge is 2.39. The molecular formula is C25H24N4O4. The third-order valence-electron chi connectivity index (χ3n) is 6.53. The summed E-state index contributed by atoms with van der Waals surface area (Å²) in [6.45, 7) is 2.24. The number of rotatable bonds is 4. The average molecular weight is 444 g/mol. The van der Waals surface area contributed by atoms with Crippen LogP contribution in [0.1, 0.15) is 39.9 Å². The van der Waals surface area contributed by atoms with Crippen molar-refractivity contribution in [3.63, 3.8) is 0 Å². The van der Waals surface area contributed by atoms with Gasteiger partial charge in [-0.3, -0.25) is 19.7 Å². The zero-order valence-corrected chi connectivity index (χ0v) is 18.5. The van der Waals surface area contributed by atoms with Crippen LogP contribution in [-0.2, 0) is 29.8 Å². The van der Waals surface area contributed by atoms with Crippen molar-refractivity contribution < 1.29 is 19.5 Å². The molecule has 2 aliphatic rings. The van der Waals surface area contributed by atoms with Crippen molar-refractivity contribution >= 4 is 17.7 Å². The van der Waals surface area contributed by atoms with E-state index < -0.39 is 11.9 Å².